The number of anilines is 2. The van der Waals surface area contributed by atoms with Crippen LogP contribution >= 0.6 is 0 Å². The van der Waals surface area contributed by atoms with E-state index in [0.29, 0.717) is 22.7 Å². The van der Waals surface area contributed by atoms with Gasteiger partial charge in [0.15, 0.2) is 0 Å². The number of sulfonamides is 1. The number of rotatable bonds is 6. The van der Waals surface area contributed by atoms with Gasteiger partial charge >= 0.3 is 0 Å². The Balaban J connectivity index is 1.65. The second-order valence-electron chi connectivity index (χ2n) is 7.41. The van der Waals surface area contributed by atoms with Gasteiger partial charge < -0.3 is 14.6 Å². The number of nitrogens with one attached hydrogen (secondary N) is 2. The molecule has 32 heavy (non-hydrogen) atoms. The van der Waals surface area contributed by atoms with Crippen molar-refractivity contribution < 1.29 is 17.9 Å². The zero-order valence-electron chi connectivity index (χ0n) is 17.9. The van der Waals surface area contributed by atoms with E-state index < -0.39 is 15.9 Å². The van der Waals surface area contributed by atoms with Gasteiger partial charge in [-0.05, 0) is 55.0 Å². The van der Waals surface area contributed by atoms with Crippen molar-refractivity contribution in [3.8, 4) is 5.75 Å². The number of methoxy groups -OCH3 is 1. The van der Waals surface area contributed by atoms with Crippen LogP contribution in [0.2, 0.25) is 0 Å². The number of ether oxygens (including phenoxy) is 1. The molecule has 0 radical (unpaired) electrons. The summed E-state index contributed by atoms with van der Waals surface area (Å²) >= 11 is 0. The minimum absolute atomic E-state index is 0.0222. The Morgan fingerprint density at radius 1 is 0.969 bits per heavy atom. The monoisotopic (exact) mass is 449 g/mol. The Labute approximate surface area is 186 Å². The quantitative estimate of drug-likeness (QED) is 0.452. The average molecular weight is 450 g/mol. The Morgan fingerprint density at radius 2 is 1.72 bits per heavy atom. The molecule has 0 saturated carbocycles. The molecule has 1 aromatic heterocycles. The number of carbonyl (C=O) groups excluding carboxylic acids is 1. The maximum Gasteiger partial charge on any atom is 0.262 e. The molecule has 4 rings (SSSR count). The zero-order chi connectivity index (χ0) is 22.9. The first-order valence-corrected chi connectivity index (χ1v) is 11.4. The van der Waals surface area contributed by atoms with E-state index in [0.717, 1.165) is 10.9 Å². The highest BCUT2D eigenvalue weighted by Crippen LogP contribution is 2.28. The lowest BCUT2D eigenvalue weighted by Crippen LogP contribution is -2.17. The lowest BCUT2D eigenvalue weighted by molar-refractivity contribution is 0.102. The summed E-state index contributed by atoms with van der Waals surface area (Å²) in [5.74, 6) is 0.00803. The molecular formula is C24H23N3O4S. The molecule has 1 amide bonds. The van der Waals surface area contributed by atoms with E-state index in [2.05, 4.69) is 10.0 Å². The number of carbonyl (C=O) groups is 1. The highest BCUT2D eigenvalue weighted by molar-refractivity contribution is 7.92. The third-order valence-electron chi connectivity index (χ3n) is 5.27. The molecule has 0 aliphatic carbocycles. The highest BCUT2D eigenvalue weighted by Gasteiger charge is 2.21. The molecule has 0 fully saturated rings. The van der Waals surface area contributed by atoms with Gasteiger partial charge in [-0.25, -0.2) is 8.42 Å². The normalized spacial score (nSPS) is 11.3. The molecule has 1 heterocycles. The van der Waals surface area contributed by atoms with Crippen molar-refractivity contribution in [3.63, 3.8) is 0 Å². The SMILES string of the molecule is COc1ccccc1NS(=O)(=O)c1cc(C(=O)Nc2cccc3c2ccn3C)ccc1C. The van der Waals surface area contributed by atoms with Gasteiger partial charge in [0.2, 0.25) is 0 Å². The molecule has 0 saturated heterocycles. The third kappa shape index (κ3) is 4.04. The number of para-hydroxylation sites is 2. The zero-order valence-corrected chi connectivity index (χ0v) is 18.7. The van der Waals surface area contributed by atoms with Gasteiger partial charge in [0.1, 0.15) is 5.75 Å². The molecule has 0 spiro atoms. The van der Waals surface area contributed by atoms with Crippen LogP contribution in [0.25, 0.3) is 10.9 Å². The van der Waals surface area contributed by atoms with E-state index in [4.69, 9.17) is 4.74 Å². The molecule has 4 aromatic rings. The van der Waals surface area contributed by atoms with Crippen molar-refractivity contribution in [2.24, 2.45) is 7.05 Å². The van der Waals surface area contributed by atoms with E-state index in [1.165, 1.54) is 13.2 Å². The van der Waals surface area contributed by atoms with Crippen LogP contribution in [0.4, 0.5) is 11.4 Å². The molecule has 164 valence electrons. The standard InChI is InChI=1S/C24H23N3O4S/c1-16-11-12-17(24(28)25-19-8-6-9-21-18(19)13-14-27(21)2)15-23(16)32(29,30)26-20-7-4-5-10-22(20)31-3/h4-15,26H,1-3H3,(H,25,28). The third-order valence-corrected chi connectivity index (χ3v) is 6.77. The second-order valence-corrected chi connectivity index (χ2v) is 9.06. The first kappa shape index (κ1) is 21.5. The molecule has 0 aliphatic rings. The van der Waals surface area contributed by atoms with E-state index in [9.17, 15) is 13.2 Å². The summed E-state index contributed by atoms with van der Waals surface area (Å²) in [5, 5.41) is 3.80. The minimum Gasteiger partial charge on any atom is -0.495 e. The van der Waals surface area contributed by atoms with Crippen LogP contribution in [0.5, 0.6) is 5.75 Å². The number of amides is 1. The number of benzene rings is 3. The molecule has 0 unspecified atom stereocenters. The van der Waals surface area contributed by atoms with E-state index in [1.54, 1.807) is 43.3 Å². The maximum atomic E-state index is 13.1. The number of nitrogens with zero attached hydrogens (tertiary/aromatic N) is 1. The van der Waals surface area contributed by atoms with Gasteiger partial charge in [-0.2, -0.15) is 0 Å². The lowest BCUT2D eigenvalue weighted by Gasteiger charge is -2.14. The highest BCUT2D eigenvalue weighted by atomic mass is 32.2. The van der Waals surface area contributed by atoms with Crippen molar-refractivity contribution >= 4 is 38.2 Å². The Bertz CT molecular complexity index is 1420. The summed E-state index contributed by atoms with van der Waals surface area (Å²) in [6.07, 6.45) is 1.92. The van der Waals surface area contributed by atoms with E-state index in [-0.39, 0.29) is 10.5 Å². The molecule has 3 aromatic carbocycles. The summed E-state index contributed by atoms with van der Waals surface area (Å²) in [5.41, 5.74) is 2.72. The smallest absolute Gasteiger partial charge is 0.262 e. The topological polar surface area (TPSA) is 89.4 Å². The van der Waals surface area contributed by atoms with Gasteiger partial charge in [-0.1, -0.05) is 24.3 Å². The van der Waals surface area contributed by atoms with Crippen LogP contribution in [-0.2, 0) is 17.1 Å². The Hall–Kier alpha value is -3.78. The summed E-state index contributed by atoms with van der Waals surface area (Å²) in [4.78, 5) is 13.0. The fraction of sp³-hybridized carbons (Fsp3) is 0.125. The number of fused-ring (bicyclic) bond motifs is 1. The maximum absolute atomic E-state index is 13.1. The van der Waals surface area contributed by atoms with Gasteiger partial charge in [0, 0.05) is 29.7 Å². The summed E-state index contributed by atoms with van der Waals surface area (Å²) in [6.45, 7) is 1.68. The number of hydrogen-bond acceptors (Lipinski definition) is 4. The number of aromatic nitrogens is 1. The fourth-order valence-corrected chi connectivity index (χ4v) is 4.91. The van der Waals surface area contributed by atoms with Gasteiger partial charge in [-0.3, -0.25) is 9.52 Å². The Morgan fingerprint density at radius 3 is 2.50 bits per heavy atom. The molecular weight excluding hydrogens is 426 g/mol. The molecule has 0 aliphatic heterocycles. The predicted octanol–water partition coefficient (Wildman–Crippen LogP) is 4.55. The molecule has 0 bridgehead atoms. The van der Waals surface area contributed by atoms with Crippen LogP contribution in [0.3, 0.4) is 0 Å². The van der Waals surface area contributed by atoms with Crippen molar-refractivity contribution in [1.29, 1.82) is 0 Å². The van der Waals surface area contributed by atoms with Crippen LogP contribution in [-0.4, -0.2) is 26.0 Å². The Kier molecular flexibility index (Phi) is 5.63. The van der Waals surface area contributed by atoms with Crippen molar-refractivity contribution in [2.75, 3.05) is 17.1 Å². The largest absolute Gasteiger partial charge is 0.495 e. The lowest BCUT2D eigenvalue weighted by atomic mass is 10.1. The molecule has 0 atom stereocenters. The predicted molar refractivity (Wildman–Crippen MR) is 126 cm³/mol. The van der Waals surface area contributed by atoms with E-state index >= 15 is 0 Å². The van der Waals surface area contributed by atoms with Crippen molar-refractivity contribution in [3.05, 3.63) is 84.1 Å². The summed E-state index contributed by atoms with van der Waals surface area (Å²) < 4.78 is 35.9. The van der Waals surface area contributed by atoms with Crippen LogP contribution < -0.4 is 14.8 Å². The number of hydrogen-bond donors (Lipinski definition) is 2. The van der Waals surface area contributed by atoms with Crippen molar-refractivity contribution in [1.82, 2.24) is 4.57 Å². The van der Waals surface area contributed by atoms with Crippen LogP contribution in [0.15, 0.2) is 77.8 Å². The first-order chi connectivity index (χ1) is 15.3. The van der Waals surface area contributed by atoms with Crippen LogP contribution in [0.1, 0.15) is 15.9 Å². The first-order valence-electron chi connectivity index (χ1n) is 9.92. The van der Waals surface area contributed by atoms with Crippen LogP contribution in [0, 0.1) is 6.92 Å². The minimum atomic E-state index is -3.95. The number of aryl methyl sites for hydroxylation is 2. The average Bonchev–Trinajstić information content (AvgIpc) is 3.16. The second kappa shape index (κ2) is 8.39. The molecule has 8 heteroatoms. The van der Waals surface area contributed by atoms with Gasteiger partial charge in [0.25, 0.3) is 15.9 Å². The summed E-state index contributed by atoms with van der Waals surface area (Å²) in [7, 11) is -0.551. The fourth-order valence-electron chi connectivity index (χ4n) is 3.57. The van der Waals surface area contributed by atoms with E-state index in [1.807, 2.05) is 42.1 Å². The van der Waals surface area contributed by atoms with Crippen molar-refractivity contribution in [2.45, 2.75) is 11.8 Å². The summed E-state index contributed by atoms with van der Waals surface area (Å²) in [6, 6.07) is 18.9. The molecule has 7 nitrogen and oxygen atoms in total. The molecule has 2 N–H and O–H groups in total. The van der Waals surface area contributed by atoms with Gasteiger partial charge in [-0.15, -0.1) is 0 Å². The van der Waals surface area contributed by atoms with Gasteiger partial charge in [0.05, 0.1) is 23.4 Å².